The van der Waals surface area contributed by atoms with E-state index in [-0.39, 0.29) is 11.9 Å². The lowest BCUT2D eigenvalue weighted by atomic mass is 10.0. The molecule has 0 saturated carbocycles. The normalized spacial score (nSPS) is 15.3. The van der Waals surface area contributed by atoms with E-state index in [1.807, 2.05) is 24.3 Å². The van der Waals surface area contributed by atoms with Gasteiger partial charge in [-0.05, 0) is 74.4 Å². The van der Waals surface area contributed by atoms with E-state index in [4.69, 9.17) is 4.74 Å². The van der Waals surface area contributed by atoms with Gasteiger partial charge in [0, 0.05) is 18.7 Å². The Labute approximate surface area is 181 Å². The van der Waals surface area contributed by atoms with Crippen LogP contribution in [0.1, 0.15) is 54.2 Å². The van der Waals surface area contributed by atoms with Gasteiger partial charge in [-0.15, -0.1) is 0 Å². The number of rotatable bonds is 10. The summed E-state index contributed by atoms with van der Waals surface area (Å²) in [6.07, 6.45) is 2.43. The summed E-state index contributed by atoms with van der Waals surface area (Å²) in [7, 11) is 1.68. The van der Waals surface area contributed by atoms with E-state index >= 15 is 0 Å². The Bertz CT molecular complexity index is 779. The number of ether oxygens (including phenoxy) is 1. The molecule has 162 valence electrons. The summed E-state index contributed by atoms with van der Waals surface area (Å²) in [6.45, 7) is 10.1. The lowest BCUT2D eigenvalue weighted by Crippen LogP contribution is -2.36. The first-order chi connectivity index (χ1) is 14.6. The molecule has 1 unspecified atom stereocenters. The van der Waals surface area contributed by atoms with Crippen LogP contribution in [0.2, 0.25) is 0 Å². The number of likely N-dealkylation sites (tertiary alicyclic amines) is 1. The van der Waals surface area contributed by atoms with Crippen LogP contribution in [-0.4, -0.2) is 55.5 Å². The molecule has 0 aromatic heterocycles. The van der Waals surface area contributed by atoms with Crippen LogP contribution in [0, 0.1) is 0 Å². The third-order valence-corrected chi connectivity index (χ3v) is 6.05. The topological polar surface area (TPSA) is 44.8 Å². The van der Waals surface area contributed by atoms with Crippen molar-refractivity contribution in [3.8, 4) is 5.75 Å². The van der Waals surface area contributed by atoms with Gasteiger partial charge in [0.25, 0.3) is 5.91 Å². The molecule has 0 bridgehead atoms. The summed E-state index contributed by atoms with van der Waals surface area (Å²) in [4.78, 5) is 17.6. The van der Waals surface area contributed by atoms with Crippen LogP contribution in [0.3, 0.4) is 0 Å². The summed E-state index contributed by atoms with van der Waals surface area (Å²) < 4.78 is 5.29. The molecule has 1 fully saturated rings. The van der Waals surface area contributed by atoms with Crippen molar-refractivity contribution in [1.29, 1.82) is 0 Å². The SMILES string of the molecule is CCN(CC)Cc1ccc(C(=O)NCC(c2ccc(OC)cc2)N2CCCC2)cc1. The van der Waals surface area contributed by atoms with Gasteiger partial charge in [0.2, 0.25) is 0 Å². The number of methoxy groups -OCH3 is 1. The third kappa shape index (κ3) is 5.83. The maximum atomic E-state index is 12.8. The second kappa shape index (κ2) is 11.1. The molecule has 1 atom stereocenters. The number of nitrogens with zero attached hydrogens (tertiary/aromatic N) is 2. The largest absolute Gasteiger partial charge is 0.497 e. The number of carbonyl (C=O) groups is 1. The molecule has 30 heavy (non-hydrogen) atoms. The highest BCUT2D eigenvalue weighted by Gasteiger charge is 2.24. The number of hydrogen-bond acceptors (Lipinski definition) is 4. The predicted molar refractivity (Wildman–Crippen MR) is 122 cm³/mol. The lowest BCUT2D eigenvalue weighted by molar-refractivity contribution is 0.0938. The zero-order chi connectivity index (χ0) is 21.3. The fraction of sp³-hybridized carbons (Fsp3) is 0.480. The van der Waals surface area contributed by atoms with Crippen molar-refractivity contribution in [2.24, 2.45) is 0 Å². The molecule has 1 heterocycles. The van der Waals surface area contributed by atoms with Crippen LogP contribution >= 0.6 is 0 Å². The van der Waals surface area contributed by atoms with Crippen molar-refractivity contribution in [2.45, 2.75) is 39.3 Å². The van der Waals surface area contributed by atoms with Gasteiger partial charge in [-0.25, -0.2) is 0 Å². The maximum absolute atomic E-state index is 12.8. The molecule has 0 aliphatic carbocycles. The Hall–Kier alpha value is -2.37. The van der Waals surface area contributed by atoms with E-state index in [9.17, 15) is 4.79 Å². The van der Waals surface area contributed by atoms with Crippen LogP contribution in [-0.2, 0) is 6.54 Å². The van der Waals surface area contributed by atoms with Gasteiger partial charge < -0.3 is 10.1 Å². The van der Waals surface area contributed by atoms with Crippen molar-refractivity contribution >= 4 is 5.91 Å². The fourth-order valence-corrected chi connectivity index (χ4v) is 4.10. The number of amides is 1. The minimum absolute atomic E-state index is 0.0119. The molecular formula is C25H35N3O2. The number of carbonyl (C=O) groups excluding carboxylic acids is 1. The Kier molecular flexibility index (Phi) is 8.29. The molecule has 3 rings (SSSR count). The van der Waals surface area contributed by atoms with Crippen molar-refractivity contribution in [3.63, 3.8) is 0 Å². The Morgan fingerprint density at radius 3 is 2.23 bits per heavy atom. The monoisotopic (exact) mass is 409 g/mol. The standard InChI is InChI=1S/C25H35N3O2/c1-4-27(5-2)19-20-8-10-22(11-9-20)25(29)26-18-24(28-16-6-7-17-28)21-12-14-23(30-3)15-13-21/h8-15,24H,4-7,16-19H2,1-3H3,(H,26,29). The molecule has 1 amide bonds. The second-order valence-corrected chi connectivity index (χ2v) is 7.90. The summed E-state index contributed by atoms with van der Waals surface area (Å²) >= 11 is 0. The van der Waals surface area contributed by atoms with Gasteiger partial charge >= 0.3 is 0 Å². The van der Waals surface area contributed by atoms with Crippen molar-refractivity contribution in [2.75, 3.05) is 39.8 Å². The quantitative estimate of drug-likeness (QED) is 0.642. The zero-order valence-electron chi connectivity index (χ0n) is 18.6. The number of nitrogens with one attached hydrogen (secondary N) is 1. The molecular weight excluding hydrogens is 374 g/mol. The van der Waals surface area contributed by atoms with Crippen molar-refractivity contribution in [1.82, 2.24) is 15.1 Å². The Morgan fingerprint density at radius 2 is 1.67 bits per heavy atom. The highest BCUT2D eigenvalue weighted by atomic mass is 16.5. The van der Waals surface area contributed by atoms with Gasteiger partial charge in [-0.3, -0.25) is 14.6 Å². The van der Waals surface area contributed by atoms with E-state index in [1.165, 1.54) is 24.0 Å². The molecule has 1 aliphatic rings. The van der Waals surface area contributed by atoms with E-state index < -0.39 is 0 Å². The summed E-state index contributed by atoms with van der Waals surface area (Å²) in [5.74, 6) is 0.842. The van der Waals surface area contributed by atoms with E-state index in [2.05, 4.69) is 53.2 Å². The van der Waals surface area contributed by atoms with Gasteiger partial charge in [0.1, 0.15) is 5.75 Å². The van der Waals surface area contributed by atoms with E-state index in [0.717, 1.165) is 38.5 Å². The van der Waals surface area contributed by atoms with Gasteiger partial charge in [0.05, 0.1) is 13.2 Å². The smallest absolute Gasteiger partial charge is 0.251 e. The molecule has 1 aliphatic heterocycles. The van der Waals surface area contributed by atoms with Crippen LogP contribution in [0.25, 0.3) is 0 Å². The summed E-state index contributed by atoms with van der Waals surface area (Å²) in [5.41, 5.74) is 3.17. The van der Waals surface area contributed by atoms with Crippen LogP contribution in [0.4, 0.5) is 0 Å². The Balaban J connectivity index is 1.63. The zero-order valence-corrected chi connectivity index (χ0v) is 18.6. The first-order valence-corrected chi connectivity index (χ1v) is 11.1. The molecule has 5 heteroatoms. The first kappa shape index (κ1) is 22.3. The predicted octanol–water partition coefficient (Wildman–Crippen LogP) is 4.10. The van der Waals surface area contributed by atoms with Crippen LogP contribution < -0.4 is 10.1 Å². The number of benzene rings is 2. The summed E-state index contributed by atoms with van der Waals surface area (Å²) in [5, 5.41) is 3.16. The maximum Gasteiger partial charge on any atom is 0.251 e. The molecule has 0 radical (unpaired) electrons. The fourth-order valence-electron chi connectivity index (χ4n) is 4.10. The minimum Gasteiger partial charge on any atom is -0.497 e. The second-order valence-electron chi connectivity index (χ2n) is 7.90. The summed E-state index contributed by atoms with van der Waals surface area (Å²) in [6, 6.07) is 16.4. The average Bonchev–Trinajstić information content (AvgIpc) is 3.33. The van der Waals surface area contributed by atoms with Crippen LogP contribution in [0.5, 0.6) is 5.75 Å². The van der Waals surface area contributed by atoms with Crippen molar-refractivity contribution < 1.29 is 9.53 Å². The average molecular weight is 410 g/mol. The highest BCUT2D eigenvalue weighted by Crippen LogP contribution is 2.26. The van der Waals surface area contributed by atoms with Gasteiger partial charge in [0.15, 0.2) is 0 Å². The Morgan fingerprint density at radius 1 is 1.03 bits per heavy atom. The molecule has 5 nitrogen and oxygen atoms in total. The van der Waals surface area contributed by atoms with E-state index in [0.29, 0.717) is 12.1 Å². The molecule has 1 N–H and O–H groups in total. The molecule has 2 aromatic rings. The number of hydrogen-bond donors (Lipinski definition) is 1. The molecule has 0 spiro atoms. The van der Waals surface area contributed by atoms with Gasteiger partial charge in [-0.2, -0.15) is 0 Å². The van der Waals surface area contributed by atoms with Crippen LogP contribution in [0.15, 0.2) is 48.5 Å². The lowest BCUT2D eigenvalue weighted by Gasteiger charge is -2.28. The third-order valence-electron chi connectivity index (χ3n) is 6.05. The van der Waals surface area contributed by atoms with E-state index in [1.54, 1.807) is 7.11 Å². The first-order valence-electron chi connectivity index (χ1n) is 11.1. The van der Waals surface area contributed by atoms with Crippen molar-refractivity contribution in [3.05, 3.63) is 65.2 Å². The highest BCUT2D eigenvalue weighted by molar-refractivity contribution is 5.94. The van der Waals surface area contributed by atoms with Gasteiger partial charge in [-0.1, -0.05) is 38.1 Å². The minimum atomic E-state index is -0.0119. The molecule has 2 aromatic carbocycles. The molecule has 1 saturated heterocycles.